The standard InChI is InChI=1S/C13H20N2O3/c1-4-10-8-11(13(17)15-9(10)2)12(16)14-6-5-7-18-3/h8H,4-7H2,1-3H3,(H,14,16)(H,15,17). The van der Waals surface area contributed by atoms with Crippen LogP contribution in [-0.4, -0.2) is 31.2 Å². The van der Waals surface area contributed by atoms with Crippen LogP contribution in [0.2, 0.25) is 0 Å². The molecule has 0 saturated carbocycles. The lowest BCUT2D eigenvalue weighted by atomic mass is 10.1. The second-order valence-corrected chi connectivity index (χ2v) is 4.12. The van der Waals surface area contributed by atoms with Crippen molar-refractivity contribution in [2.45, 2.75) is 26.7 Å². The molecule has 0 atom stereocenters. The van der Waals surface area contributed by atoms with E-state index in [2.05, 4.69) is 10.3 Å². The normalized spacial score (nSPS) is 10.4. The van der Waals surface area contributed by atoms with Gasteiger partial charge in [-0.1, -0.05) is 6.92 Å². The molecule has 0 aliphatic carbocycles. The number of aromatic nitrogens is 1. The van der Waals surface area contributed by atoms with Gasteiger partial charge in [-0.25, -0.2) is 0 Å². The number of rotatable bonds is 6. The molecule has 0 bridgehead atoms. The predicted molar refractivity (Wildman–Crippen MR) is 70.0 cm³/mol. The average molecular weight is 252 g/mol. The van der Waals surface area contributed by atoms with Crippen LogP contribution in [0.15, 0.2) is 10.9 Å². The Morgan fingerprint density at radius 3 is 2.83 bits per heavy atom. The molecule has 0 fully saturated rings. The lowest BCUT2D eigenvalue weighted by Gasteiger charge is -2.07. The minimum absolute atomic E-state index is 0.176. The van der Waals surface area contributed by atoms with Crippen LogP contribution in [0.4, 0.5) is 0 Å². The Kier molecular flexibility index (Phi) is 5.58. The van der Waals surface area contributed by atoms with Crippen LogP contribution in [0.25, 0.3) is 0 Å². The van der Waals surface area contributed by atoms with Gasteiger partial charge in [0.25, 0.3) is 11.5 Å². The zero-order chi connectivity index (χ0) is 13.5. The maximum absolute atomic E-state index is 11.8. The molecule has 0 aromatic carbocycles. The van der Waals surface area contributed by atoms with Crippen molar-refractivity contribution in [3.05, 3.63) is 33.2 Å². The van der Waals surface area contributed by atoms with Crippen LogP contribution >= 0.6 is 0 Å². The number of carbonyl (C=O) groups is 1. The van der Waals surface area contributed by atoms with Gasteiger partial charge in [-0.05, 0) is 31.4 Å². The van der Waals surface area contributed by atoms with Crippen molar-refractivity contribution in [3.8, 4) is 0 Å². The smallest absolute Gasteiger partial charge is 0.261 e. The van der Waals surface area contributed by atoms with E-state index in [1.54, 1.807) is 13.2 Å². The number of pyridine rings is 1. The van der Waals surface area contributed by atoms with Gasteiger partial charge in [-0.2, -0.15) is 0 Å². The Balaban J connectivity index is 2.76. The molecule has 1 aromatic heterocycles. The maximum Gasteiger partial charge on any atom is 0.261 e. The Labute approximate surface area is 107 Å². The van der Waals surface area contributed by atoms with Crippen molar-refractivity contribution in [2.75, 3.05) is 20.3 Å². The second-order valence-electron chi connectivity index (χ2n) is 4.12. The number of aryl methyl sites for hydroxylation is 2. The van der Waals surface area contributed by atoms with Crippen LogP contribution in [0, 0.1) is 6.92 Å². The number of H-pyrrole nitrogens is 1. The molecule has 0 saturated heterocycles. The van der Waals surface area contributed by atoms with Crippen LogP contribution in [-0.2, 0) is 11.2 Å². The Morgan fingerprint density at radius 1 is 1.50 bits per heavy atom. The molecular weight excluding hydrogens is 232 g/mol. The summed E-state index contributed by atoms with van der Waals surface area (Å²) in [6.07, 6.45) is 1.51. The van der Waals surface area contributed by atoms with E-state index >= 15 is 0 Å². The number of hydrogen-bond acceptors (Lipinski definition) is 3. The lowest BCUT2D eigenvalue weighted by molar-refractivity contribution is 0.0947. The molecule has 0 aliphatic heterocycles. The quantitative estimate of drug-likeness (QED) is 0.742. The third-order valence-electron chi connectivity index (χ3n) is 2.78. The summed E-state index contributed by atoms with van der Waals surface area (Å²) in [5.74, 6) is -0.331. The van der Waals surface area contributed by atoms with Crippen LogP contribution in [0.5, 0.6) is 0 Å². The Bertz CT molecular complexity index is 466. The largest absolute Gasteiger partial charge is 0.385 e. The molecule has 100 valence electrons. The highest BCUT2D eigenvalue weighted by atomic mass is 16.5. The van der Waals surface area contributed by atoms with Gasteiger partial charge < -0.3 is 15.0 Å². The molecule has 5 heteroatoms. The Hall–Kier alpha value is -1.62. The molecule has 1 rings (SSSR count). The fourth-order valence-corrected chi connectivity index (χ4v) is 1.72. The maximum atomic E-state index is 11.8. The van der Waals surface area contributed by atoms with E-state index < -0.39 is 0 Å². The predicted octanol–water partition coefficient (Wildman–Crippen LogP) is 1.01. The van der Waals surface area contributed by atoms with Crippen molar-refractivity contribution < 1.29 is 9.53 Å². The van der Waals surface area contributed by atoms with E-state index in [1.807, 2.05) is 13.8 Å². The van der Waals surface area contributed by atoms with Gasteiger partial charge in [0.15, 0.2) is 0 Å². The minimum atomic E-state index is -0.339. The van der Waals surface area contributed by atoms with Gasteiger partial charge in [-0.3, -0.25) is 9.59 Å². The summed E-state index contributed by atoms with van der Waals surface area (Å²) in [6.45, 7) is 4.91. The molecule has 18 heavy (non-hydrogen) atoms. The van der Waals surface area contributed by atoms with Gasteiger partial charge in [0.1, 0.15) is 5.56 Å². The van der Waals surface area contributed by atoms with Crippen molar-refractivity contribution >= 4 is 5.91 Å². The van der Waals surface area contributed by atoms with Crippen LogP contribution in [0.1, 0.15) is 35.0 Å². The van der Waals surface area contributed by atoms with Crippen LogP contribution < -0.4 is 10.9 Å². The molecule has 0 spiro atoms. The monoisotopic (exact) mass is 252 g/mol. The number of nitrogens with one attached hydrogen (secondary N) is 2. The molecule has 0 aliphatic rings. The number of amides is 1. The van der Waals surface area contributed by atoms with Crippen molar-refractivity contribution in [2.24, 2.45) is 0 Å². The first-order valence-corrected chi connectivity index (χ1v) is 6.10. The molecular formula is C13H20N2O3. The summed E-state index contributed by atoms with van der Waals surface area (Å²) in [6, 6.07) is 1.67. The fraction of sp³-hybridized carbons (Fsp3) is 0.538. The summed E-state index contributed by atoms with van der Waals surface area (Å²) in [7, 11) is 1.61. The SMILES string of the molecule is CCc1cc(C(=O)NCCCOC)c(=O)[nH]c1C. The Morgan fingerprint density at radius 2 is 2.22 bits per heavy atom. The lowest BCUT2D eigenvalue weighted by Crippen LogP contribution is -2.31. The molecule has 2 N–H and O–H groups in total. The summed E-state index contributed by atoms with van der Waals surface area (Å²) in [4.78, 5) is 26.2. The number of ether oxygens (including phenoxy) is 1. The number of hydrogen-bond donors (Lipinski definition) is 2. The second kappa shape index (κ2) is 6.96. The first-order valence-electron chi connectivity index (χ1n) is 6.10. The third kappa shape index (κ3) is 3.70. The van der Waals surface area contributed by atoms with E-state index in [0.29, 0.717) is 13.2 Å². The third-order valence-corrected chi connectivity index (χ3v) is 2.78. The molecule has 0 unspecified atom stereocenters. The molecule has 1 amide bonds. The summed E-state index contributed by atoms with van der Waals surface area (Å²) in [5.41, 5.74) is 1.64. The van der Waals surface area contributed by atoms with Crippen molar-refractivity contribution in [1.82, 2.24) is 10.3 Å². The molecule has 5 nitrogen and oxygen atoms in total. The average Bonchev–Trinajstić information content (AvgIpc) is 2.34. The van der Waals surface area contributed by atoms with E-state index in [4.69, 9.17) is 4.74 Å². The number of carbonyl (C=O) groups excluding carboxylic acids is 1. The van der Waals surface area contributed by atoms with E-state index in [0.717, 1.165) is 24.1 Å². The zero-order valence-corrected chi connectivity index (χ0v) is 11.1. The zero-order valence-electron chi connectivity index (χ0n) is 11.1. The highest BCUT2D eigenvalue weighted by molar-refractivity contribution is 5.93. The van der Waals surface area contributed by atoms with E-state index in [9.17, 15) is 9.59 Å². The van der Waals surface area contributed by atoms with Gasteiger partial charge in [0.2, 0.25) is 0 Å². The minimum Gasteiger partial charge on any atom is -0.385 e. The van der Waals surface area contributed by atoms with Gasteiger partial charge >= 0.3 is 0 Å². The first-order chi connectivity index (χ1) is 8.60. The number of methoxy groups -OCH3 is 1. The fourth-order valence-electron chi connectivity index (χ4n) is 1.72. The highest BCUT2D eigenvalue weighted by Gasteiger charge is 2.12. The van der Waals surface area contributed by atoms with Crippen LogP contribution in [0.3, 0.4) is 0 Å². The van der Waals surface area contributed by atoms with Crippen molar-refractivity contribution in [1.29, 1.82) is 0 Å². The highest BCUT2D eigenvalue weighted by Crippen LogP contribution is 2.05. The first kappa shape index (κ1) is 14.4. The number of aromatic amines is 1. The van der Waals surface area contributed by atoms with E-state index in [-0.39, 0.29) is 17.0 Å². The topological polar surface area (TPSA) is 71.2 Å². The summed E-state index contributed by atoms with van der Waals surface area (Å²) < 4.78 is 4.89. The summed E-state index contributed by atoms with van der Waals surface area (Å²) >= 11 is 0. The van der Waals surface area contributed by atoms with E-state index in [1.165, 1.54) is 0 Å². The molecule has 1 aromatic rings. The van der Waals surface area contributed by atoms with Gasteiger partial charge in [0, 0.05) is 26.0 Å². The molecule has 0 radical (unpaired) electrons. The van der Waals surface area contributed by atoms with Gasteiger partial charge in [0.05, 0.1) is 0 Å². The summed E-state index contributed by atoms with van der Waals surface area (Å²) in [5, 5.41) is 2.71. The van der Waals surface area contributed by atoms with Crippen molar-refractivity contribution in [3.63, 3.8) is 0 Å². The van der Waals surface area contributed by atoms with Gasteiger partial charge in [-0.15, -0.1) is 0 Å². The molecule has 1 heterocycles.